The van der Waals surface area contributed by atoms with Crippen molar-refractivity contribution in [2.24, 2.45) is 0 Å². The number of carbonyl (C=O) groups excluding carboxylic acids is 1. The van der Waals surface area contributed by atoms with Gasteiger partial charge in [-0.2, -0.15) is 0 Å². The molecule has 0 amide bonds. The van der Waals surface area contributed by atoms with Gasteiger partial charge in [0.2, 0.25) is 6.79 Å². The molecule has 2 aromatic rings. The average molecular weight is 357 g/mol. The number of carbonyl (C=O) groups is 1. The molecule has 0 aromatic heterocycles. The molecule has 0 saturated heterocycles. The van der Waals surface area contributed by atoms with E-state index in [0.29, 0.717) is 5.56 Å². The number of allylic oxidation sites excluding steroid dienone is 3. The SMILES string of the molecule is O=C(/C=C/C=C/c1ccc2c(c1)OCO2)c1ccc(Br)cc1. The number of fused-ring (bicyclic) bond motifs is 1. The van der Waals surface area contributed by atoms with Crippen LogP contribution in [0, 0.1) is 0 Å². The molecule has 1 aliphatic rings. The first kappa shape index (κ1) is 14.6. The average Bonchev–Trinajstić information content (AvgIpc) is 2.99. The van der Waals surface area contributed by atoms with Gasteiger partial charge >= 0.3 is 0 Å². The number of halogens is 1. The number of benzene rings is 2. The van der Waals surface area contributed by atoms with Gasteiger partial charge in [0.05, 0.1) is 0 Å². The third kappa shape index (κ3) is 3.46. The highest BCUT2D eigenvalue weighted by Crippen LogP contribution is 2.32. The fourth-order valence-electron chi connectivity index (χ4n) is 2.04. The van der Waals surface area contributed by atoms with Crippen LogP contribution in [0.1, 0.15) is 15.9 Å². The topological polar surface area (TPSA) is 35.5 Å². The minimum absolute atomic E-state index is 0.0252. The molecule has 1 aliphatic heterocycles. The summed E-state index contributed by atoms with van der Waals surface area (Å²) in [5.41, 5.74) is 1.65. The largest absolute Gasteiger partial charge is 0.454 e. The molecule has 2 aromatic carbocycles. The number of hydrogen-bond acceptors (Lipinski definition) is 3. The first-order chi connectivity index (χ1) is 10.7. The lowest BCUT2D eigenvalue weighted by molar-refractivity contribution is 0.104. The summed E-state index contributed by atoms with van der Waals surface area (Å²) in [6, 6.07) is 13.0. The van der Waals surface area contributed by atoms with Crippen molar-refractivity contribution in [3.05, 3.63) is 76.3 Å². The van der Waals surface area contributed by atoms with E-state index in [2.05, 4.69) is 15.9 Å². The van der Waals surface area contributed by atoms with Crippen LogP contribution in [-0.4, -0.2) is 12.6 Å². The highest BCUT2D eigenvalue weighted by molar-refractivity contribution is 9.10. The molecule has 0 N–H and O–H groups in total. The van der Waals surface area contributed by atoms with E-state index in [-0.39, 0.29) is 12.6 Å². The smallest absolute Gasteiger partial charge is 0.231 e. The Kier molecular flexibility index (Phi) is 4.39. The predicted octanol–water partition coefficient (Wildman–Crippen LogP) is 4.63. The molecule has 3 rings (SSSR count). The third-order valence-electron chi connectivity index (χ3n) is 3.17. The van der Waals surface area contributed by atoms with Gasteiger partial charge in [0.25, 0.3) is 0 Å². The Balaban J connectivity index is 1.64. The molecule has 110 valence electrons. The molecule has 0 spiro atoms. The monoisotopic (exact) mass is 356 g/mol. The normalized spacial score (nSPS) is 13.1. The summed E-state index contributed by atoms with van der Waals surface area (Å²) in [5, 5.41) is 0. The second kappa shape index (κ2) is 6.62. The van der Waals surface area contributed by atoms with Crippen LogP contribution in [-0.2, 0) is 0 Å². The van der Waals surface area contributed by atoms with Gasteiger partial charge in [0.1, 0.15) is 0 Å². The molecular formula is C18H13BrO3. The van der Waals surface area contributed by atoms with Crippen molar-refractivity contribution < 1.29 is 14.3 Å². The Labute approximate surface area is 137 Å². The van der Waals surface area contributed by atoms with E-state index in [4.69, 9.17) is 9.47 Å². The van der Waals surface area contributed by atoms with E-state index in [0.717, 1.165) is 21.5 Å². The Morgan fingerprint density at radius 3 is 2.59 bits per heavy atom. The van der Waals surface area contributed by atoms with Crippen LogP contribution in [0.15, 0.2) is 65.2 Å². The minimum Gasteiger partial charge on any atom is -0.454 e. The second-order valence-electron chi connectivity index (χ2n) is 4.70. The summed E-state index contributed by atoms with van der Waals surface area (Å²) in [6.07, 6.45) is 7.02. The van der Waals surface area contributed by atoms with Crippen LogP contribution in [0.3, 0.4) is 0 Å². The molecule has 0 fully saturated rings. The van der Waals surface area contributed by atoms with Gasteiger partial charge in [-0.1, -0.05) is 40.2 Å². The van der Waals surface area contributed by atoms with Crippen molar-refractivity contribution in [1.29, 1.82) is 0 Å². The summed E-state index contributed by atoms with van der Waals surface area (Å²) in [4.78, 5) is 11.9. The van der Waals surface area contributed by atoms with Gasteiger partial charge in [0, 0.05) is 10.0 Å². The first-order valence-corrected chi connectivity index (χ1v) is 7.56. The van der Waals surface area contributed by atoms with Crippen molar-refractivity contribution >= 4 is 27.8 Å². The van der Waals surface area contributed by atoms with Crippen LogP contribution in [0.25, 0.3) is 6.08 Å². The van der Waals surface area contributed by atoms with Crippen molar-refractivity contribution in [3.63, 3.8) is 0 Å². The van der Waals surface area contributed by atoms with Crippen molar-refractivity contribution in [3.8, 4) is 11.5 Å². The number of ketones is 1. The zero-order valence-electron chi connectivity index (χ0n) is 11.7. The Hall–Kier alpha value is -2.33. The van der Waals surface area contributed by atoms with E-state index < -0.39 is 0 Å². The lowest BCUT2D eigenvalue weighted by Crippen LogP contribution is -1.92. The van der Waals surface area contributed by atoms with Crippen LogP contribution in [0.2, 0.25) is 0 Å². The standard InChI is InChI=1S/C18H13BrO3/c19-15-8-6-14(7-9-15)16(20)4-2-1-3-13-5-10-17-18(11-13)22-12-21-17/h1-11H,12H2/b3-1+,4-2+. The van der Waals surface area contributed by atoms with Crippen LogP contribution < -0.4 is 9.47 Å². The zero-order valence-corrected chi connectivity index (χ0v) is 13.2. The summed E-state index contributed by atoms with van der Waals surface area (Å²) in [6.45, 7) is 0.268. The fraction of sp³-hybridized carbons (Fsp3) is 0.0556. The molecule has 0 aliphatic carbocycles. The number of hydrogen-bond donors (Lipinski definition) is 0. The van der Waals surface area contributed by atoms with Gasteiger partial charge in [0.15, 0.2) is 17.3 Å². The maximum Gasteiger partial charge on any atom is 0.231 e. The molecule has 0 atom stereocenters. The Morgan fingerprint density at radius 2 is 1.77 bits per heavy atom. The van der Waals surface area contributed by atoms with Gasteiger partial charge in [-0.3, -0.25) is 4.79 Å². The van der Waals surface area contributed by atoms with E-state index in [1.807, 2.05) is 42.5 Å². The lowest BCUT2D eigenvalue weighted by Gasteiger charge is -1.97. The maximum atomic E-state index is 11.9. The fourth-order valence-corrected chi connectivity index (χ4v) is 2.30. The van der Waals surface area contributed by atoms with Crippen molar-refractivity contribution in [1.82, 2.24) is 0 Å². The van der Waals surface area contributed by atoms with E-state index in [1.54, 1.807) is 24.3 Å². The van der Waals surface area contributed by atoms with Crippen LogP contribution in [0.4, 0.5) is 0 Å². The molecular weight excluding hydrogens is 344 g/mol. The number of ether oxygens (including phenoxy) is 2. The molecule has 0 radical (unpaired) electrons. The molecule has 4 heteroatoms. The highest BCUT2D eigenvalue weighted by Gasteiger charge is 2.11. The highest BCUT2D eigenvalue weighted by atomic mass is 79.9. The lowest BCUT2D eigenvalue weighted by atomic mass is 10.1. The molecule has 3 nitrogen and oxygen atoms in total. The van der Waals surface area contributed by atoms with Gasteiger partial charge < -0.3 is 9.47 Å². The zero-order chi connectivity index (χ0) is 15.4. The van der Waals surface area contributed by atoms with E-state index in [9.17, 15) is 4.79 Å². The second-order valence-corrected chi connectivity index (χ2v) is 5.62. The van der Waals surface area contributed by atoms with Gasteiger partial charge in [-0.15, -0.1) is 0 Å². The molecule has 0 saturated carbocycles. The molecule has 22 heavy (non-hydrogen) atoms. The Morgan fingerprint density at radius 1 is 1.00 bits per heavy atom. The molecule has 0 bridgehead atoms. The molecule has 0 unspecified atom stereocenters. The van der Waals surface area contributed by atoms with Crippen LogP contribution >= 0.6 is 15.9 Å². The summed E-state index contributed by atoms with van der Waals surface area (Å²) >= 11 is 3.35. The van der Waals surface area contributed by atoms with E-state index in [1.165, 1.54) is 0 Å². The maximum absolute atomic E-state index is 11.9. The summed E-state index contributed by atoms with van der Waals surface area (Å²) in [7, 11) is 0. The van der Waals surface area contributed by atoms with E-state index >= 15 is 0 Å². The summed E-state index contributed by atoms with van der Waals surface area (Å²) < 4.78 is 11.5. The molecule has 1 heterocycles. The Bertz CT molecular complexity index is 745. The minimum atomic E-state index is -0.0252. The van der Waals surface area contributed by atoms with Crippen molar-refractivity contribution in [2.45, 2.75) is 0 Å². The van der Waals surface area contributed by atoms with Gasteiger partial charge in [-0.05, 0) is 48.0 Å². The third-order valence-corrected chi connectivity index (χ3v) is 3.70. The van der Waals surface area contributed by atoms with Crippen LogP contribution in [0.5, 0.6) is 11.5 Å². The summed E-state index contributed by atoms with van der Waals surface area (Å²) in [5.74, 6) is 1.48. The first-order valence-electron chi connectivity index (χ1n) is 6.77. The predicted molar refractivity (Wildman–Crippen MR) is 89.2 cm³/mol. The quantitative estimate of drug-likeness (QED) is 0.455. The number of rotatable bonds is 4. The van der Waals surface area contributed by atoms with Gasteiger partial charge in [-0.25, -0.2) is 0 Å². The van der Waals surface area contributed by atoms with Crippen molar-refractivity contribution in [2.75, 3.05) is 6.79 Å².